The zero-order valence-electron chi connectivity index (χ0n) is 15.9. The average molecular weight is 468 g/mol. The minimum absolute atomic E-state index is 0.0516. The van der Waals surface area contributed by atoms with E-state index in [9.17, 15) is 13.2 Å². The molecule has 2 N–H and O–H groups in total. The van der Waals surface area contributed by atoms with Crippen molar-refractivity contribution in [1.29, 1.82) is 0 Å². The quantitative estimate of drug-likeness (QED) is 0.375. The van der Waals surface area contributed by atoms with E-state index < -0.39 is 11.7 Å². The number of hydrogen-bond donors (Lipinski definition) is 2. The van der Waals surface area contributed by atoms with Gasteiger partial charge in [-0.15, -0.1) is 0 Å². The third-order valence-electron chi connectivity index (χ3n) is 4.44. The predicted octanol–water partition coefficient (Wildman–Crippen LogP) is 6.02. The van der Waals surface area contributed by atoms with Crippen LogP contribution in [0.25, 0.3) is 11.2 Å². The topological polar surface area (TPSA) is 75.7 Å². The highest BCUT2D eigenvalue weighted by Gasteiger charge is 2.30. The van der Waals surface area contributed by atoms with Crippen molar-refractivity contribution in [2.75, 3.05) is 12.4 Å². The third-order valence-corrected chi connectivity index (χ3v) is 5.15. The average Bonchev–Trinajstić information content (AvgIpc) is 3.13. The molecule has 0 saturated heterocycles. The summed E-state index contributed by atoms with van der Waals surface area (Å²) >= 11 is 12.5. The Morgan fingerprint density at radius 2 is 1.68 bits per heavy atom. The monoisotopic (exact) mass is 467 g/mol. The summed E-state index contributed by atoms with van der Waals surface area (Å²) in [5, 5.41) is 3.98. The normalized spacial score (nSPS) is 11.7. The van der Waals surface area contributed by atoms with Gasteiger partial charge in [0, 0.05) is 22.2 Å². The summed E-state index contributed by atoms with van der Waals surface area (Å²) in [5.74, 6) is 0.827. The highest BCUT2D eigenvalue weighted by atomic mass is 35.5. The predicted molar refractivity (Wildman–Crippen MR) is 112 cm³/mol. The molecule has 0 radical (unpaired) electrons. The summed E-state index contributed by atoms with van der Waals surface area (Å²) in [7, 11) is 1.40. The zero-order chi connectivity index (χ0) is 22.2. The molecule has 4 rings (SSSR count). The third kappa shape index (κ3) is 4.52. The molecule has 0 bridgehead atoms. The van der Waals surface area contributed by atoms with Gasteiger partial charge in [0.1, 0.15) is 11.3 Å². The molecule has 0 aliphatic carbocycles. The first kappa shape index (κ1) is 21.2. The van der Waals surface area contributed by atoms with Gasteiger partial charge < -0.3 is 15.0 Å². The number of aromatic amines is 1. The molecule has 0 atom stereocenters. The van der Waals surface area contributed by atoms with Gasteiger partial charge in [-0.2, -0.15) is 23.1 Å². The Morgan fingerprint density at radius 1 is 1.00 bits per heavy atom. The fraction of sp³-hybridized carbons (Fsp3) is 0.150. The largest absolute Gasteiger partial charge is 0.467 e. The summed E-state index contributed by atoms with van der Waals surface area (Å²) in [5.41, 5.74) is 1.13. The molecule has 4 aromatic rings. The van der Waals surface area contributed by atoms with E-state index in [0.29, 0.717) is 50.5 Å². The first-order valence-corrected chi connectivity index (χ1v) is 9.68. The zero-order valence-corrected chi connectivity index (χ0v) is 17.4. The summed E-state index contributed by atoms with van der Waals surface area (Å²) in [6.07, 6.45) is -4.10. The number of anilines is 2. The molecule has 0 spiro atoms. The lowest BCUT2D eigenvalue weighted by Gasteiger charge is -2.10. The van der Waals surface area contributed by atoms with Crippen LogP contribution in [-0.4, -0.2) is 27.0 Å². The molecule has 2 aromatic heterocycles. The lowest BCUT2D eigenvalue weighted by molar-refractivity contribution is -0.137. The van der Waals surface area contributed by atoms with Crippen LogP contribution in [0.4, 0.5) is 24.7 Å². The van der Waals surface area contributed by atoms with E-state index in [1.165, 1.54) is 19.2 Å². The number of nitrogens with one attached hydrogen (secondary N) is 2. The van der Waals surface area contributed by atoms with Crippen LogP contribution in [0.1, 0.15) is 17.0 Å². The molecule has 31 heavy (non-hydrogen) atoms. The number of hydrogen-bond acceptors (Lipinski definition) is 5. The number of imidazole rings is 1. The number of fused-ring (bicyclic) bond motifs is 1. The summed E-state index contributed by atoms with van der Waals surface area (Å²) < 4.78 is 43.5. The number of methoxy groups -OCH3 is 1. The Bertz CT molecular complexity index is 1220. The molecule has 2 heterocycles. The van der Waals surface area contributed by atoms with Gasteiger partial charge in [-0.05, 0) is 42.0 Å². The molecule has 11 heteroatoms. The second-order valence-corrected chi connectivity index (χ2v) is 7.33. The molecule has 0 aliphatic rings. The van der Waals surface area contributed by atoms with Crippen molar-refractivity contribution in [3.63, 3.8) is 0 Å². The second-order valence-electron chi connectivity index (χ2n) is 6.52. The van der Waals surface area contributed by atoms with Crippen LogP contribution in [0.3, 0.4) is 0 Å². The van der Waals surface area contributed by atoms with Crippen LogP contribution in [-0.2, 0) is 12.6 Å². The van der Waals surface area contributed by atoms with Gasteiger partial charge in [-0.3, -0.25) is 0 Å². The maximum Gasteiger partial charge on any atom is 0.416 e. The summed E-state index contributed by atoms with van der Waals surface area (Å²) in [6, 6.07) is 9.84. The van der Waals surface area contributed by atoms with Gasteiger partial charge in [-0.25, -0.2) is 4.98 Å². The highest BCUT2D eigenvalue weighted by Crippen LogP contribution is 2.32. The van der Waals surface area contributed by atoms with Gasteiger partial charge in [0.2, 0.25) is 0 Å². The number of aromatic nitrogens is 4. The lowest BCUT2D eigenvalue weighted by atomic mass is 10.1. The van der Waals surface area contributed by atoms with Crippen molar-refractivity contribution in [2.45, 2.75) is 12.6 Å². The van der Waals surface area contributed by atoms with Crippen molar-refractivity contribution < 1.29 is 17.9 Å². The van der Waals surface area contributed by atoms with Crippen LogP contribution >= 0.6 is 23.2 Å². The highest BCUT2D eigenvalue weighted by molar-refractivity contribution is 6.36. The van der Waals surface area contributed by atoms with Gasteiger partial charge >= 0.3 is 12.2 Å². The van der Waals surface area contributed by atoms with Crippen molar-refractivity contribution >= 4 is 45.9 Å². The first-order valence-electron chi connectivity index (χ1n) is 8.92. The number of nitrogens with zero attached hydrogens (tertiary/aromatic N) is 3. The number of H-pyrrole nitrogens is 1. The van der Waals surface area contributed by atoms with Crippen molar-refractivity contribution in [2.24, 2.45) is 0 Å². The molecule has 0 aliphatic heterocycles. The molecular formula is C20H14Cl2F3N5O. The molecule has 6 nitrogen and oxygen atoms in total. The molecule has 0 unspecified atom stereocenters. The van der Waals surface area contributed by atoms with E-state index in [0.717, 1.165) is 12.1 Å². The number of halogens is 5. The minimum Gasteiger partial charge on any atom is -0.467 e. The Balaban J connectivity index is 1.70. The Kier molecular flexibility index (Phi) is 5.63. The maximum atomic E-state index is 12.8. The van der Waals surface area contributed by atoms with Crippen molar-refractivity contribution in [3.8, 4) is 6.01 Å². The Hall–Kier alpha value is -3.04. The van der Waals surface area contributed by atoms with Crippen LogP contribution in [0.5, 0.6) is 6.01 Å². The summed E-state index contributed by atoms with van der Waals surface area (Å²) in [4.78, 5) is 16.0. The van der Waals surface area contributed by atoms with Crippen molar-refractivity contribution in [3.05, 3.63) is 69.5 Å². The lowest BCUT2D eigenvalue weighted by Crippen LogP contribution is -2.05. The number of alkyl halides is 3. The van der Waals surface area contributed by atoms with Crippen LogP contribution in [0.2, 0.25) is 10.0 Å². The SMILES string of the molecule is COc1nc(Nc2ccc(C(F)(F)F)cc2)c2[nH]c(Cc3c(Cl)cccc3Cl)nc2n1. The number of ether oxygens (including phenoxy) is 1. The van der Waals surface area contributed by atoms with Crippen LogP contribution in [0.15, 0.2) is 42.5 Å². The number of rotatable bonds is 5. The molecule has 0 amide bonds. The second kappa shape index (κ2) is 8.24. The van der Waals surface area contributed by atoms with Crippen molar-refractivity contribution in [1.82, 2.24) is 19.9 Å². The van der Waals surface area contributed by atoms with Crippen LogP contribution < -0.4 is 10.1 Å². The standard InChI is InChI=1S/C20H14Cl2F3N5O/c1-31-19-29-17(26-11-7-5-10(6-8-11)20(23,24)25)16-18(30-19)28-15(27-16)9-12-13(21)3-2-4-14(12)22/h2-8H,9H2,1H3,(H2,26,27,28,29,30). The van der Waals surface area contributed by atoms with E-state index in [-0.39, 0.29) is 6.01 Å². The fourth-order valence-electron chi connectivity index (χ4n) is 2.94. The molecular weight excluding hydrogens is 454 g/mol. The van der Waals surface area contributed by atoms with E-state index in [2.05, 4.69) is 25.3 Å². The van der Waals surface area contributed by atoms with E-state index >= 15 is 0 Å². The fourth-order valence-corrected chi connectivity index (χ4v) is 3.47. The maximum absolute atomic E-state index is 12.8. The summed E-state index contributed by atoms with van der Waals surface area (Å²) in [6.45, 7) is 0. The van der Waals surface area contributed by atoms with Crippen LogP contribution in [0, 0.1) is 0 Å². The molecule has 0 saturated carbocycles. The van der Waals surface area contributed by atoms with Gasteiger partial charge in [-0.1, -0.05) is 29.3 Å². The molecule has 160 valence electrons. The first-order chi connectivity index (χ1) is 14.7. The van der Waals surface area contributed by atoms with E-state index in [1.54, 1.807) is 18.2 Å². The van der Waals surface area contributed by atoms with Gasteiger partial charge in [0.05, 0.1) is 12.7 Å². The number of benzene rings is 2. The molecule has 2 aromatic carbocycles. The Morgan fingerprint density at radius 3 is 2.29 bits per heavy atom. The Labute approximate surface area is 184 Å². The van der Waals surface area contributed by atoms with E-state index in [4.69, 9.17) is 27.9 Å². The van der Waals surface area contributed by atoms with Gasteiger partial charge in [0.15, 0.2) is 11.5 Å². The smallest absolute Gasteiger partial charge is 0.416 e. The minimum atomic E-state index is -4.41. The molecule has 0 fully saturated rings. The van der Waals surface area contributed by atoms with E-state index in [1.807, 2.05) is 0 Å². The van der Waals surface area contributed by atoms with Gasteiger partial charge in [0.25, 0.3) is 0 Å².